The van der Waals surface area contributed by atoms with Crippen molar-refractivity contribution >= 4 is 11.6 Å². The van der Waals surface area contributed by atoms with Gasteiger partial charge in [0.1, 0.15) is 17.3 Å². The van der Waals surface area contributed by atoms with Crippen LogP contribution in [0.2, 0.25) is 0 Å². The molecule has 1 heterocycles. The molecule has 1 aromatic heterocycles. The van der Waals surface area contributed by atoms with E-state index in [-0.39, 0.29) is 11.7 Å². The number of nitrogens with zero attached hydrogens (tertiary/aromatic N) is 2. The number of benzene rings is 2. The van der Waals surface area contributed by atoms with Crippen molar-refractivity contribution in [3.8, 4) is 17.0 Å². The Morgan fingerprint density at radius 3 is 2.62 bits per heavy atom. The van der Waals surface area contributed by atoms with E-state index in [1.807, 2.05) is 31.2 Å². The number of ether oxygens (including phenoxy) is 1. The van der Waals surface area contributed by atoms with E-state index in [2.05, 4.69) is 10.4 Å². The smallest absolute Gasteiger partial charge is 0.273 e. The average Bonchev–Trinajstić information content (AvgIpc) is 3.08. The molecule has 0 saturated carbocycles. The lowest BCUT2D eigenvalue weighted by molar-refractivity contribution is 0.101. The molecule has 3 aromatic rings. The maximum Gasteiger partial charge on any atom is 0.273 e. The molecule has 0 radical (unpaired) electrons. The van der Waals surface area contributed by atoms with Gasteiger partial charge in [0, 0.05) is 17.8 Å². The van der Waals surface area contributed by atoms with E-state index in [0.29, 0.717) is 29.4 Å². The molecule has 0 saturated heterocycles. The summed E-state index contributed by atoms with van der Waals surface area (Å²) in [5.74, 6) is 0.0512. The molecule has 1 amide bonds. The van der Waals surface area contributed by atoms with Crippen molar-refractivity contribution in [1.82, 2.24) is 9.78 Å². The number of carbonyl (C=O) groups excluding carboxylic acids is 1. The topological polar surface area (TPSA) is 56.2 Å². The summed E-state index contributed by atoms with van der Waals surface area (Å²) in [4.78, 5) is 12.7. The Hall–Kier alpha value is -3.15. The van der Waals surface area contributed by atoms with E-state index in [4.69, 9.17) is 4.74 Å². The largest absolute Gasteiger partial charge is 0.496 e. The first kappa shape index (κ1) is 17.7. The molecule has 0 aliphatic carbocycles. The van der Waals surface area contributed by atoms with Crippen LogP contribution in [-0.4, -0.2) is 22.8 Å². The summed E-state index contributed by atoms with van der Waals surface area (Å²) in [6.45, 7) is 2.63. The number of halogens is 1. The van der Waals surface area contributed by atoms with E-state index in [1.165, 1.54) is 24.3 Å². The summed E-state index contributed by atoms with van der Waals surface area (Å²) in [5, 5.41) is 7.35. The number of amides is 1. The normalized spacial score (nSPS) is 10.6. The van der Waals surface area contributed by atoms with E-state index in [0.717, 1.165) is 12.0 Å². The highest BCUT2D eigenvalue weighted by atomic mass is 19.1. The quantitative estimate of drug-likeness (QED) is 0.716. The molecular formula is C20H20FN3O2. The van der Waals surface area contributed by atoms with Gasteiger partial charge in [-0.3, -0.25) is 9.48 Å². The first-order chi connectivity index (χ1) is 12.6. The standard InChI is InChI=1S/C20H20FN3O2/c1-3-12-24-18(20(25)22-15-10-8-14(21)9-11-15)13-17(23-24)16-6-4-5-7-19(16)26-2/h4-11,13H,3,12H2,1-2H3,(H,22,25). The van der Waals surface area contributed by atoms with Crippen molar-refractivity contribution in [3.63, 3.8) is 0 Å². The molecule has 0 fully saturated rings. The van der Waals surface area contributed by atoms with Gasteiger partial charge >= 0.3 is 0 Å². The van der Waals surface area contributed by atoms with Crippen LogP contribution < -0.4 is 10.1 Å². The van der Waals surface area contributed by atoms with Crippen LogP contribution in [0.5, 0.6) is 5.75 Å². The van der Waals surface area contributed by atoms with Crippen molar-refractivity contribution in [2.24, 2.45) is 0 Å². The second-order valence-electron chi connectivity index (χ2n) is 5.80. The lowest BCUT2D eigenvalue weighted by Crippen LogP contribution is -2.17. The Labute approximate surface area is 151 Å². The number of para-hydroxylation sites is 1. The van der Waals surface area contributed by atoms with Crippen molar-refractivity contribution in [2.75, 3.05) is 12.4 Å². The van der Waals surface area contributed by atoms with Crippen LogP contribution in [0.4, 0.5) is 10.1 Å². The fraction of sp³-hybridized carbons (Fsp3) is 0.200. The van der Waals surface area contributed by atoms with Crippen molar-refractivity contribution in [3.05, 3.63) is 66.1 Å². The zero-order valence-corrected chi connectivity index (χ0v) is 14.7. The molecule has 2 aromatic carbocycles. The van der Waals surface area contributed by atoms with Gasteiger partial charge in [0.15, 0.2) is 0 Å². The highest BCUT2D eigenvalue weighted by Gasteiger charge is 2.18. The lowest BCUT2D eigenvalue weighted by Gasteiger charge is -2.07. The summed E-state index contributed by atoms with van der Waals surface area (Å²) < 4.78 is 20.1. The maximum atomic E-state index is 13.0. The molecule has 0 unspecified atom stereocenters. The monoisotopic (exact) mass is 353 g/mol. The number of anilines is 1. The van der Waals surface area contributed by atoms with Crippen LogP contribution >= 0.6 is 0 Å². The summed E-state index contributed by atoms with van der Waals surface area (Å²) in [6, 6.07) is 14.9. The molecule has 3 rings (SSSR count). The van der Waals surface area contributed by atoms with E-state index >= 15 is 0 Å². The first-order valence-electron chi connectivity index (χ1n) is 8.40. The predicted octanol–water partition coefficient (Wildman–Crippen LogP) is 4.36. The van der Waals surface area contributed by atoms with Gasteiger partial charge in [-0.2, -0.15) is 5.10 Å². The van der Waals surface area contributed by atoms with Gasteiger partial charge in [-0.15, -0.1) is 0 Å². The third kappa shape index (κ3) is 3.74. The Bertz CT molecular complexity index is 904. The SMILES string of the molecule is CCCn1nc(-c2ccccc2OC)cc1C(=O)Nc1ccc(F)cc1. The van der Waals surface area contributed by atoms with Gasteiger partial charge in [0.25, 0.3) is 5.91 Å². The van der Waals surface area contributed by atoms with Gasteiger partial charge in [0.2, 0.25) is 0 Å². The fourth-order valence-corrected chi connectivity index (χ4v) is 2.70. The van der Waals surface area contributed by atoms with Gasteiger partial charge < -0.3 is 10.1 Å². The Morgan fingerprint density at radius 1 is 1.19 bits per heavy atom. The van der Waals surface area contributed by atoms with Crippen molar-refractivity contribution < 1.29 is 13.9 Å². The molecule has 0 atom stereocenters. The highest BCUT2D eigenvalue weighted by molar-refractivity contribution is 6.03. The molecule has 0 aliphatic rings. The Balaban J connectivity index is 1.94. The highest BCUT2D eigenvalue weighted by Crippen LogP contribution is 2.29. The minimum atomic E-state index is -0.350. The molecule has 5 nitrogen and oxygen atoms in total. The van der Waals surface area contributed by atoms with Crippen LogP contribution in [-0.2, 0) is 6.54 Å². The number of nitrogens with one attached hydrogen (secondary N) is 1. The zero-order valence-electron chi connectivity index (χ0n) is 14.7. The van der Waals surface area contributed by atoms with E-state index < -0.39 is 0 Å². The predicted molar refractivity (Wildman–Crippen MR) is 98.9 cm³/mol. The van der Waals surface area contributed by atoms with Crippen LogP contribution in [0.3, 0.4) is 0 Å². The first-order valence-corrected chi connectivity index (χ1v) is 8.40. The van der Waals surface area contributed by atoms with Gasteiger partial charge in [-0.25, -0.2) is 4.39 Å². The summed E-state index contributed by atoms with van der Waals surface area (Å²) in [5.41, 5.74) is 2.46. The minimum Gasteiger partial charge on any atom is -0.496 e. The lowest BCUT2D eigenvalue weighted by atomic mass is 10.1. The minimum absolute atomic E-state index is 0.293. The number of carbonyl (C=O) groups is 1. The molecule has 6 heteroatoms. The maximum absolute atomic E-state index is 13.0. The van der Waals surface area contributed by atoms with Gasteiger partial charge in [-0.05, 0) is 48.9 Å². The van der Waals surface area contributed by atoms with Crippen molar-refractivity contribution in [1.29, 1.82) is 0 Å². The molecule has 1 N–H and O–H groups in total. The average molecular weight is 353 g/mol. The van der Waals surface area contributed by atoms with Crippen LogP contribution in [0.25, 0.3) is 11.3 Å². The Kier molecular flexibility index (Phi) is 5.31. The van der Waals surface area contributed by atoms with E-state index in [1.54, 1.807) is 17.9 Å². The van der Waals surface area contributed by atoms with Crippen LogP contribution in [0.1, 0.15) is 23.8 Å². The number of aryl methyl sites for hydroxylation is 1. The molecule has 0 aliphatic heterocycles. The third-order valence-electron chi connectivity index (χ3n) is 3.93. The van der Waals surface area contributed by atoms with Gasteiger partial charge in [-0.1, -0.05) is 19.1 Å². The van der Waals surface area contributed by atoms with Crippen molar-refractivity contribution in [2.45, 2.75) is 19.9 Å². The molecule has 134 valence electrons. The number of methoxy groups -OCH3 is 1. The van der Waals surface area contributed by atoms with Crippen LogP contribution in [0.15, 0.2) is 54.6 Å². The summed E-state index contributed by atoms with van der Waals surface area (Å²) in [6.07, 6.45) is 0.837. The van der Waals surface area contributed by atoms with Gasteiger partial charge in [0.05, 0.1) is 12.8 Å². The second-order valence-corrected chi connectivity index (χ2v) is 5.80. The summed E-state index contributed by atoms with van der Waals surface area (Å²) in [7, 11) is 1.60. The number of aromatic nitrogens is 2. The molecular weight excluding hydrogens is 333 g/mol. The summed E-state index contributed by atoms with van der Waals surface area (Å²) >= 11 is 0. The number of hydrogen-bond acceptors (Lipinski definition) is 3. The van der Waals surface area contributed by atoms with Crippen LogP contribution in [0, 0.1) is 5.82 Å². The second kappa shape index (κ2) is 7.82. The fourth-order valence-electron chi connectivity index (χ4n) is 2.70. The molecule has 26 heavy (non-hydrogen) atoms. The molecule has 0 spiro atoms. The Morgan fingerprint density at radius 2 is 1.92 bits per heavy atom. The van der Waals surface area contributed by atoms with E-state index in [9.17, 15) is 9.18 Å². The zero-order chi connectivity index (χ0) is 18.5. The number of hydrogen-bond donors (Lipinski definition) is 1. The number of rotatable bonds is 6. The molecule has 0 bridgehead atoms. The third-order valence-corrected chi connectivity index (χ3v) is 3.93.